The number of aliphatic imine (C=N–C) groups is 1. The molecule has 1 N–H and O–H groups in total. The molecular weight excluding hydrogens is 228 g/mol. The maximum absolute atomic E-state index is 4.67. The van der Waals surface area contributed by atoms with Gasteiger partial charge in [0, 0.05) is 11.4 Å². The van der Waals surface area contributed by atoms with Crippen molar-refractivity contribution in [2.24, 2.45) is 4.99 Å². The summed E-state index contributed by atoms with van der Waals surface area (Å²) in [5.41, 5.74) is 5.13. The van der Waals surface area contributed by atoms with E-state index in [1.165, 1.54) is 22.4 Å². The Bertz CT molecular complexity index is 429. The second-order valence-electron chi connectivity index (χ2n) is 4.71. The number of hydrogen-bond donors (Lipinski definition) is 1. The molecule has 0 amide bonds. The molecule has 0 aliphatic carbocycles. The Hall–Kier alpha value is -0.960. The molecule has 2 rings (SSSR count). The summed E-state index contributed by atoms with van der Waals surface area (Å²) in [6.07, 6.45) is 1.13. The van der Waals surface area contributed by atoms with Crippen molar-refractivity contribution in [2.45, 2.75) is 40.2 Å². The Labute approximate surface area is 108 Å². The first-order chi connectivity index (χ1) is 8.10. The topological polar surface area (TPSA) is 24.4 Å². The average molecular weight is 248 g/mol. The van der Waals surface area contributed by atoms with Gasteiger partial charge in [0.1, 0.15) is 0 Å². The van der Waals surface area contributed by atoms with E-state index in [2.05, 4.69) is 50.1 Å². The standard InChI is InChI=1S/C14H20N2S/c1-5-12-8-17-14(15-12)16-13-10(3)6-9(2)7-11(13)4/h6-7,12H,5,8H2,1-4H3,(H,15,16)/t12-/m0/s1. The first kappa shape index (κ1) is 12.5. The van der Waals surface area contributed by atoms with Crippen LogP contribution in [0.5, 0.6) is 0 Å². The number of aryl methyl sites for hydroxylation is 3. The molecule has 0 aromatic heterocycles. The van der Waals surface area contributed by atoms with Crippen molar-refractivity contribution in [3.05, 3.63) is 28.8 Å². The number of benzene rings is 1. The summed E-state index contributed by atoms with van der Waals surface area (Å²) < 4.78 is 0. The fourth-order valence-corrected chi connectivity index (χ4v) is 3.24. The van der Waals surface area contributed by atoms with Gasteiger partial charge in [0.25, 0.3) is 0 Å². The van der Waals surface area contributed by atoms with Crippen molar-refractivity contribution >= 4 is 22.6 Å². The van der Waals surface area contributed by atoms with Crippen LogP contribution in [0.4, 0.5) is 5.69 Å². The fraction of sp³-hybridized carbons (Fsp3) is 0.500. The van der Waals surface area contributed by atoms with Crippen molar-refractivity contribution in [1.29, 1.82) is 0 Å². The van der Waals surface area contributed by atoms with Crippen LogP contribution in [-0.2, 0) is 0 Å². The highest BCUT2D eigenvalue weighted by atomic mass is 32.2. The van der Waals surface area contributed by atoms with Crippen LogP contribution in [0.15, 0.2) is 17.1 Å². The number of thioether (sulfide) groups is 1. The lowest BCUT2D eigenvalue weighted by Crippen LogP contribution is -2.08. The number of nitrogens with one attached hydrogen (secondary N) is 1. The molecule has 1 aromatic rings. The Morgan fingerprint density at radius 1 is 1.29 bits per heavy atom. The van der Waals surface area contributed by atoms with E-state index < -0.39 is 0 Å². The molecule has 0 spiro atoms. The lowest BCUT2D eigenvalue weighted by molar-refractivity contribution is 0.738. The van der Waals surface area contributed by atoms with E-state index in [9.17, 15) is 0 Å². The molecule has 0 fully saturated rings. The van der Waals surface area contributed by atoms with Gasteiger partial charge in [0.15, 0.2) is 5.17 Å². The van der Waals surface area contributed by atoms with Gasteiger partial charge < -0.3 is 5.32 Å². The van der Waals surface area contributed by atoms with Crippen LogP contribution in [0.25, 0.3) is 0 Å². The molecule has 0 unspecified atom stereocenters. The lowest BCUT2D eigenvalue weighted by atomic mass is 10.1. The van der Waals surface area contributed by atoms with E-state index in [4.69, 9.17) is 0 Å². The molecule has 1 atom stereocenters. The molecule has 1 aliphatic rings. The van der Waals surface area contributed by atoms with Crippen LogP contribution in [-0.4, -0.2) is 17.0 Å². The van der Waals surface area contributed by atoms with E-state index in [1.807, 2.05) is 11.8 Å². The minimum Gasteiger partial charge on any atom is -0.335 e. The van der Waals surface area contributed by atoms with E-state index in [0.717, 1.165) is 17.3 Å². The van der Waals surface area contributed by atoms with Crippen molar-refractivity contribution < 1.29 is 0 Å². The normalized spacial score (nSPS) is 19.3. The lowest BCUT2D eigenvalue weighted by Gasteiger charge is -2.13. The van der Waals surface area contributed by atoms with E-state index in [1.54, 1.807) is 0 Å². The fourth-order valence-electron chi connectivity index (χ4n) is 2.18. The van der Waals surface area contributed by atoms with Gasteiger partial charge in [-0.3, -0.25) is 4.99 Å². The molecule has 0 radical (unpaired) electrons. The highest BCUT2D eigenvalue weighted by molar-refractivity contribution is 8.14. The molecule has 0 saturated heterocycles. The third-order valence-corrected chi connectivity index (χ3v) is 4.12. The summed E-state index contributed by atoms with van der Waals surface area (Å²) in [6, 6.07) is 4.92. The zero-order valence-electron chi connectivity index (χ0n) is 11.0. The van der Waals surface area contributed by atoms with Gasteiger partial charge in [-0.2, -0.15) is 0 Å². The van der Waals surface area contributed by atoms with Gasteiger partial charge >= 0.3 is 0 Å². The first-order valence-electron chi connectivity index (χ1n) is 6.15. The summed E-state index contributed by atoms with van der Waals surface area (Å²) in [5, 5.41) is 4.56. The minimum atomic E-state index is 0.494. The number of amidine groups is 1. The van der Waals surface area contributed by atoms with Crippen LogP contribution in [0, 0.1) is 20.8 Å². The van der Waals surface area contributed by atoms with Gasteiger partial charge in [-0.25, -0.2) is 0 Å². The molecule has 92 valence electrons. The molecule has 3 heteroatoms. The Morgan fingerprint density at radius 3 is 2.47 bits per heavy atom. The van der Waals surface area contributed by atoms with Gasteiger partial charge in [-0.1, -0.05) is 36.4 Å². The summed E-state index contributed by atoms with van der Waals surface area (Å²) >= 11 is 1.83. The van der Waals surface area contributed by atoms with Crippen LogP contribution in [0.3, 0.4) is 0 Å². The summed E-state index contributed by atoms with van der Waals surface area (Å²) in [4.78, 5) is 4.67. The second-order valence-corrected chi connectivity index (χ2v) is 5.71. The SMILES string of the molecule is CC[C@H]1CSC(Nc2c(C)cc(C)cc2C)=N1. The van der Waals surface area contributed by atoms with Crippen LogP contribution >= 0.6 is 11.8 Å². The van der Waals surface area contributed by atoms with Crippen molar-refractivity contribution in [2.75, 3.05) is 11.1 Å². The summed E-state index contributed by atoms with van der Waals surface area (Å²) in [5.74, 6) is 1.11. The van der Waals surface area contributed by atoms with Crippen LogP contribution in [0.1, 0.15) is 30.0 Å². The largest absolute Gasteiger partial charge is 0.335 e. The van der Waals surface area contributed by atoms with E-state index in [0.29, 0.717) is 6.04 Å². The number of anilines is 1. The third kappa shape index (κ3) is 2.83. The average Bonchev–Trinajstić information content (AvgIpc) is 2.71. The highest BCUT2D eigenvalue weighted by Gasteiger charge is 2.17. The van der Waals surface area contributed by atoms with Crippen molar-refractivity contribution in [3.8, 4) is 0 Å². The number of hydrogen-bond acceptors (Lipinski definition) is 3. The molecule has 0 saturated carbocycles. The third-order valence-electron chi connectivity index (χ3n) is 3.09. The number of nitrogens with zero attached hydrogens (tertiary/aromatic N) is 1. The molecular formula is C14H20N2S. The molecule has 17 heavy (non-hydrogen) atoms. The van der Waals surface area contributed by atoms with Gasteiger partial charge in [-0.15, -0.1) is 0 Å². The zero-order valence-corrected chi connectivity index (χ0v) is 11.8. The summed E-state index contributed by atoms with van der Waals surface area (Å²) in [7, 11) is 0. The summed E-state index contributed by atoms with van der Waals surface area (Å²) in [6.45, 7) is 8.64. The second kappa shape index (κ2) is 5.13. The van der Waals surface area contributed by atoms with Crippen LogP contribution < -0.4 is 5.32 Å². The van der Waals surface area contributed by atoms with Crippen molar-refractivity contribution in [3.63, 3.8) is 0 Å². The molecule has 1 aliphatic heterocycles. The molecule has 1 aromatic carbocycles. The quantitative estimate of drug-likeness (QED) is 0.858. The first-order valence-corrected chi connectivity index (χ1v) is 7.14. The van der Waals surface area contributed by atoms with Crippen LogP contribution in [0.2, 0.25) is 0 Å². The van der Waals surface area contributed by atoms with Gasteiger partial charge in [-0.05, 0) is 38.3 Å². The Morgan fingerprint density at radius 2 is 1.94 bits per heavy atom. The molecule has 2 nitrogen and oxygen atoms in total. The Balaban J connectivity index is 2.20. The molecule has 0 bridgehead atoms. The molecule has 1 heterocycles. The monoisotopic (exact) mass is 248 g/mol. The predicted octanol–water partition coefficient (Wildman–Crippen LogP) is 3.91. The minimum absolute atomic E-state index is 0.494. The van der Waals surface area contributed by atoms with E-state index >= 15 is 0 Å². The Kier molecular flexibility index (Phi) is 3.77. The highest BCUT2D eigenvalue weighted by Crippen LogP contribution is 2.26. The maximum Gasteiger partial charge on any atom is 0.161 e. The number of rotatable bonds is 2. The van der Waals surface area contributed by atoms with Gasteiger partial charge in [0.2, 0.25) is 0 Å². The van der Waals surface area contributed by atoms with E-state index in [-0.39, 0.29) is 0 Å². The van der Waals surface area contributed by atoms with Crippen molar-refractivity contribution in [1.82, 2.24) is 0 Å². The van der Waals surface area contributed by atoms with Gasteiger partial charge in [0.05, 0.1) is 6.04 Å². The zero-order chi connectivity index (χ0) is 12.4. The predicted molar refractivity (Wildman–Crippen MR) is 78.2 cm³/mol. The maximum atomic E-state index is 4.67. The smallest absolute Gasteiger partial charge is 0.161 e.